The Morgan fingerprint density at radius 1 is 1.22 bits per heavy atom. The lowest BCUT2D eigenvalue weighted by Crippen LogP contribution is -2.31. The molecule has 1 aliphatic heterocycles. The molecule has 0 radical (unpaired) electrons. The second-order valence-corrected chi connectivity index (χ2v) is 9.03. The maximum Gasteiger partial charge on any atom is 0.416 e. The number of aryl methyl sites for hydroxylation is 1. The average molecular weight is 482 g/mol. The molecule has 1 saturated heterocycles. The summed E-state index contributed by atoms with van der Waals surface area (Å²) in [6.07, 6.45) is -2.73. The van der Waals surface area contributed by atoms with E-state index in [1.54, 1.807) is 18.0 Å². The minimum absolute atomic E-state index is 0.193. The van der Waals surface area contributed by atoms with Gasteiger partial charge in [0.05, 0.1) is 17.8 Å². The van der Waals surface area contributed by atoms with E-state index in [9.17, 15) is 22.8 Å². The number of nitrogens with zero attached hydrogens (tertiary/aromatic N) is 4. The van der Waals surface area contributed by atoms with Gasteiger partial charge in [0.25, 0.3) is 5.91 Å². The lowest BCUT2D eigenvalue weighted by molar-refractivity contribution is -0.137. The zero-order chi connectivity index (χ0) is 22.9. The fraction of sp³-hybridized carbons (Fsp3) is 0.300. The number of nitrogens with one attached hydrogen (secondary N) is 1. The molecule has 0 bridgehead atoms. The second kappa shape index (κ2) is 8.87. The molecule has 0 saturated carbocycles. The van der Waals surface area contributed by atoms with Gasteiger partial charge in [-0.3, -0.25) is 9.69 Å². The number of halogens is 3. The van der Waals surface area contributed by atoms with Crippen molar-refractivity contribution in [2.75, 3.05) is 18.0 Å². The van der Waals surface area contributed by atoms with Gasteiger partial charge in [0.2, 0.25) is 0 Å². The molecule has 1 aliphatic rings. The van der Waals surface area contributed by atoms with E-state index < -0.39 is 11.7 Å². The van der Waals surface area contributed by atoms with Crippen LogP contribution in [-0.2, 0) is 19.3 Å². The number of aromatic nitrogens is 2. The summed E-state index contributed by atoms with van der Waals surface area (Å²) in [4.78, 5) is 37.3. The van der Waals surface area contributed by atoms with Crippen LogP contribution in [0, 0.1) is 6.92 Å². The molecule has 3 aromatic rings. The van der Waals surface area contributed by atoms with E-state index in [4.69, 9.17) is 0 Å². The Morgan fingerprint density at radius 2 is 1.97 bits per heavy atom. The van der Waals surface area contributed by atoms with Gasteiger partial charge in [-0.15, -0.1) is 11.3 Å². The van der Waals surface area contributed by atoms with Crippen molar-refractivity contribution in [3.8, 4) is 0 Å². The van der Waals surface area contributed by atoms with Crippen molar-refractivity contribution in [2.24, 2.45) is 0 Å². The van der Waals surface area contributed by atoms with Crippen LogP contribution in [0.5, 0.6) is 0 Å². The van der Waals surface area contributed by atoms with Crippen LogP contribution in [0.1, 0.15) is 31.5 Å². The van der Waals surface area contributed by atoms with E-state index in [0.717, 1.165) is 28.5 Å². The highest BCUT2D eigenvalue weighted by atomic mass is 32.1. The Morgan fingerprint density at radius 3 is 2.62 bits per heavy atom. The predicted octanol–water partition coefficient (Wildman–Crippen LogP) is 4.30. The topological polar surface area (TPSA) is 78.4 Å². The minimum atomic E-state index is -4.40. The molecule has 4 rings (SSSR count). The molecule has 3 heterocycles. The van der Waals surface area contributed by atoms with Crippen LogP contribution < -0.4 is 10.2 Å². The minimum Gasteiger partial charge on any atom is -0.345 e. The number of alkyl halides is 3. The van der Waals surface area contributed by atoms with Gasteiger partial charge in [-0.05, 0) is 24.6 Å². The molecular formula is C20H18F3N5O2S2. The van der Waals surface area contributed by atoms with Crippen LogP contribution in [0.3, 0.4) is 0 Å². The van der Waals surface area contributed by atoms with Crippen molar-refractivity contribution in [3.05, 3.63) is 62.5 Å². The Kier molecular flexibility index (Phi) is 6.15. The SMILES string of the molecule is Cc1nc(N2CCN(Cc3ccc(C(F)(F)F)cc3)C2=O)sc1C(=O)NCc1nccs1. The maximum atomic E-state index is 12.8. The molecule has 1 N–H and O–H groups in total. The van der Waals surface area contributed by atoms with Crippen LogP contribution in [-0.4, -0.2) is 39.9 Å². The molecule has 1 fully saturated rings. The summed E-state index contributed by atoms with van der Waals surface area (Å²) in [5.74, 6) is -0.283. The van der Waals surface area contributed by atoms with Crippen molar-refractivity contribution < 1.29 is 22.8 Å². The van der Waals surface area contributed by atoms with Crippen molar-refractivity contribution in [1.82, 2.24) is 20.2 Å². The molecule has 0 atom stereocenters. The van der Waals surface area contributed by atoms with Gasteiger partial charge in [0.15, 0.2) is 5.13 Å². The molecular weight excluding hydrogens is 463 g/mol. The van der Waals surface area contributed by atoms with Crippen molar-refractivity contribution in [1.29, 1.82) is 0 Å². The number of thiazole rings is 2. The van der Waals surface area contributed by atoms with Crippen LogP contribution in [0.4, 0.5) is 23.1 Å². The number of carbonyl (C=O) groups is 2. The van der Waals surface area contributed by atoms with Crippen LogP contribution in [0.2, 0.25) is 0 Å². The normalized spacial score (nSPS) is 14.3. The summed E-state index contributed by atoms with van der Waals surface area (Å²) in [5, 5.41) is 5.83. The highest BCUT2D eigenvalue weighted by Gasteiger charge is 2.33. The summed E-state index contributed by atoms with van der Waals surface area (Å²) < 4.78 is 38.2. The number of rotatable bonds is 6. The van der Waals surface area contributed by atoms with Gasteiger partial charge >= 0.3 is 12.2 Å². The molecule has 1 aromatic carbocycles. The van der Waals surface area contributed by atoms with Crippen molar-refractivity contribution in [2.45, 2.75) is 26.2 Å². The molecule has 7 nitrogen and oxygen atoms in total. The summed E-state index contributed by atoms with van der Waals surface area (Å²) in [6.45, 7) is 3.00. The predicted molar refractivity (Wildman–Crippen MR) is 115 cm³/mol. The molecule has 0 spiro atoms. The highest BCUT2D eigenvalue weighted by Crippen LogP contribution is 2.31. The van der Waals surface area contributed by atoms with Crippen molar-refractivity contribution in [3.63, 3.8) is 0 Å². The number of anilines is 1. The zero-order valence-electron chi connectivity index (χ0n) is 16.8. The Balaban J connectivity index is 1.40. The van der Waals surface area contributed by atoms with Gasteiger partial charge in [-0.2, -0.15) is 13.2 Å². The largest absolute Gasteiger partial charge is 0.416 e. The average Bonchev–Trinajstić information content (AvgIpc) is 3.47. The van der Waals surface area contributed by atoms with E-state index in [1.807, 2.05) is 5.38 Å². The van der Waals surface area contributed by atoms with E-state index in [1.165, 1.54) is 28.4 Å². The Hall–Kier alpha value is -2.99. The number of amides is 3. The van der Waals surface area contributed by atoms with Crippen LogP contribution in [0.15, 0.2) is 35.8 Å². The fourth-order valence-electron chi connectivity index (χ4n) is 3.21. The van der Waals surface area contributed by atoms with Gasteiger partial charge < -0.3 is 10.2 Å². The molecule has 32 heavy (non-hydrogen) atoms. The highest BCUT2D eigenvalue weighted by molar-refractivity contribution is 7.17. The van der Waals surface area contributed by atoms with E-state index >= 15 is 0 Å². The maximum absolute atomic E-state index is 12.8. The first-order valence-corrected chi connectivity index (χ1v) is 11.3. The fourth-order valence-corrected chi connectivity index (χ4v) is 4.77. The third-order valence-electron chi connectivity index (χ3n) is 4.86. The Bertz CT molecular complexity index is 1110. The second-order valence-electron chi connectivity index (χ2n) is 7.07. The first-order chi connectivity index (χ1) is 15.2. The number of urea groups is 1. The van der Waals surface area contributed by atoms with E-state index in [2.05, 4.69) is 15.3 Å². The standard InChI is InChI=1S/C20H18F3N5O2S2/c1-12-16(17(29)25-10-15-24-6-9-31-15)32-18(26-12)28-8-7-27(19(28)30)11-13-2-4-14(5-3-13)20(21,22)23/h2-6,9H,7-8,10-11H2,1H3,(H,25,29). The first kappa shape index (κ1) is 22.2. The molecule has 12 heteroatoms. The summed E-state index contributed by atoms with van der Waals surface area (Å²) >= 11 is 2.57. The molecule has 0 aliphatic carbocycles. The quantitative estimate of drug-likeness (QED) is 0.570. The molecule has 3 amide bonds. The van der Waals surface area contributed by atoms with E-state index in [-0.39, 0.29) is 18.5 Å². The Labute approximate surface area is 189 Å². The van der Waals surface area contributed by atoms with Crippen LogP contribution >= 0.6 is 22.7 Å². The van der Waals surface area contributed by atoms with Gasteiger partial charge in [0.1, 0.15) is 9.88 Å². The van der Waals surface area contributed by atoms with E-state index in [0.29, 0.717) is 40.9 Å². The summed E-state index contributed by atoms with van der Waals surface area (Å²) in [5.41, 5.74) is 0.399. The summed E-state index contributed by atoms with van der Waals surface area (Å²) in [7, 11) is 0. The van der Waals surface area contributed by atoms with Gasteiger partial charge in [0, 0.05) is 31.2 Å². The molecule has 168 valence electrons. The number of benzene rings is 1. The number of carbonyl (C=O) groups excluding carboxylic acids is 2. The van der Waals surface area contributed by atoms with Gasteiger partial charge in [-0.1, -0.05) is 23.5 Å². The first-order valence-electron chi connectivity index (χ1n) is 9.59. The third-order valence-corrected chi connectivity index (χ3v) is 6.81. The lowest BCUT2D eigenvalue weighted by atomic mass is 10.1. The summed E-state index contributed by atoms with van der Waals surface area (Å²) in [6, 6.07) is 4.46. The van der Waals surface area contributed by atoms with Crippen LogP contribution in [0.25, 0.3) is 0 Å². The molecule has 2 aromatic heterocycles. The molecule has 0 unspecified atom stereocenters. The lowest BCUT2D eigenvalue weighted by Gasteiger charge is -2.17. The third kappa shape index (κ3) is 4.75. The van der Waals surface area contributed by atoms with Gasteiger partial charge in [-0.25, -0.2) is 14.8 Å². The van der Waals surface area contributed by atoms with Crippen molar-refractivity contribution >= 4 is 39.7 Å². The monoisotopic (exact) mass is 481 g/mol. The smallest absolute Gasteiger partial charge is 0.345 e. The number of hydrogen-bond donors (Lipinski definition) is 1. The zero-order valence-corrected chi connectivity index (χ0v) is 18.5. The number of hydrogen-bond acceptors (Lipinski definition) is 6.